The number of hydrogen-bond donors (Lipinski definition) is 1. The maximum absolute atomic E-state index is 5.86. The van der Waals surface area contributed by atoms with Crippen LogP contribution in [0.5, 0.6) is 0 Å². The number of nitrogens with one attached hydrogen (secondary N) is 1. The van der Waals surface area contributed by atoms with Gasteiger partial charge in [-0.25, -0.2) is 0 Å². The quantitative estimate of drug-likeness (QED) is 0.797. The van der Waals surface area contributed by atoms with Crippen LogP contribution in [0.4, 0.5) is 0 Å². The van der Waals surface area contributed by atoms with Gasteiger partial charge in [-0.15, -0.1) is 0 Å². The lowest BCUT2D eigenvalue weighted by atomic mass is 9.57. The third kappa shape index (κ3) is 1.84. The third-order valence-electron chi connectivity index (χ3n) is 5.48. The lowest BCUT2D eigenvalue weighted by molar-refractivity contribution is -0.115. The number of rotatable bonds is 2. The van der Waals surface area contributed by atoms with Gasteiger partial charge in [0.1, 0.15) is 0 Å². The molecule has 2 nitrogen and oxygen atoms in total. The fourth-order valence-electron chi connectivity index (χ4n) is 4.49. The molecule has 2 saturated carbocycles. The minimum Gasteiger partial charge on any atom is -0.377 e. The van der Waals surface area contributed by atoms with Gasteiger partial charge in [0.25, 0.3) is 0 Å². The molecular weight excluding hydrogens is 210 g/mol. The van der Waals surface area contributed by atoms with Gasteiger partial charge >= 0.3 is 0 Å². The minimum absolute atomic E-state index is 0.341. The first-order chi connectivity index (χ1) is 7.90. The Bertz CT molecular complexity index is 310. The van der Waals surface area contributed by atoms with E-state index in [1.807, 2.05) is 0 Å². The van der Waals surface area contributed by atoms with E-state index in [2.05, 4.69) is 33.0 Å². The highest BCUT2D eigenvalue weighted by Crippen LogP contribution is 2.53. The van der Waals surface area contributed by atoms with E-state index < -0.39 is 0 Å². The molecule has 1 heterocycles. The van der Waals surface area contributed by atoms with Crippen molar-refractivity contribution < 1.29 is 4.74 Å². The highest BCUT2D eigenvalue weighted by molar-refractivity contribution is 5.12. The predicted octanol–water partition coefficient (Wildman–Crippen LogP) is 2.97. The van der Waals surface area contributed by atoms with Crippen LogP contribution < -0.4 is 5.32 Å². The molecule has 3 fully saturated rings. The van der Waals surface area contributed by atoms with E-state index in [9.17, 15) is 0 Å². The molecule has 4 atom stereocenters. The van der Waals surface area contributed by atoms with Crippen molar-refractivity contribution in [2.24, 2.45) is 16.7 Å². The van der Waals surface area contributed by atoms with E-state index in [1.54, 1.807) is 0 Å². The van der Waals surface area contributed by atoms with Gasteiger partial charge in [0, 0.05) is 30.0 Å². The van der Waals surface area contributed by atoms with Crippen molar-refractivity contribution in [3.05, 3.63) is 0 Å². The zero-order valence-electron chi connectivity index (χ0n) is 11.8. The Morgan fingerprint density at radius 2 is 1.88 bits per heavy atom. The lowest BCUT2D eigenvalue weighted by Gasteiger charge is -2.55. The van der Waals surface area contributed by atoms with Crippen LogP contribution in [0.3, 0.4) is 0 Å². The fourth-order valence-corrected chi connectivity index (χ4v) is 4.49. The maximum Gasteiger partial charge on any atom is 0.0685 e. The van der Waals surface area contributed by atoms with E-state index >= 15 is 0 Å². The Morgan fingerprint density at radius 1 is 1.12 bits per heavy atom. The Balaban J connectivity index is 1.63. The van der Waals surface area contributed by atoms with Gasteiger partial charge in [0.2, 0.25) is 0 Å². The summed E-state index contributed by atoms with van der Waals surface area (Å²) >= 11 is 0. The fraction of sp³-hybridized carbons (Fsp3) is 1.00. The molecule has 0 bridgehead atoms. The molecule has 0 spiro atoms. The molecule has 17 heavy (non-hydrogen) atoms. The van der Waals surface area contributed by atoms with Crippen LogP contribution in [0, 0.1) is 16.7 Å². The van der Waals surface area contributed by atoms with Crippen LogP contribution in [0.15, 0.2) is 0 Å². The molecule has 3 rings (SSSR count). The van der Waals surface area contributed by atoms with Crippen molar-refractivity contribution in [2.75, 3.05) is 6.61 Å². The largest absolute Gasteiger partial charge is 0.377 e. The summed E-state index contributed by atoms with van der Waals surface area (Å²) in [5.74, 6) is 0.786. The molecule has 0 radical (unpaired) electrons. The van der Waals surface area contributed by atoms with Crippen LogP contribution in [0.2, 0.25) is 0 Å². The molecule has 4 unspecified atom stereocenters. The van der Waals surface area contributed by atoms with E-state index in [0.29, 0.717) is 23.0 Å². The molecule has 0 amide bonds. The smallest absolute Gasteiger partial charge is 0.0685 e. The highest BCUT2D eigenvalue weighted by atomic mass is 16.5. The van der Waals surface area contributed by atoms with Crippen LogP contribution in [0.25, 0.3) is 0 Å². The van der Waals surface area contributed by atoms with E-state index in [0.717, 1.165) is 18.6 Å². The van der Waals surface area contributed by atoms with E-state index in [4.69, 9.17) is 4.74 Å². The summed E-state index contributed by atoms with van der Waals surface area (Å²) < 4.78 is 5.86. The Labute approximate surface area is 105 Å². The summed E-state index contributed by atoms with van der Waals surface area (Å²) in [5, 5.41) is 3.95. The SMILES string of the molecule is CC1(C)CCC(NC2C3CCOC3C2(C)C)C1. The first-order valence-corrected chi connectivity index (χ1v) is 7.28. The summed E-state index contributed by atoms with van der Waals surface area (Å²) in [6.45, 7) is 10.5. The van der Waals surface area contributed by atoms with Crippen LogP contribution in [-0.4, -0.2) is 24.8 Å². The van der Waals surface area contributed by atoms with Crippen LogP contribution in [-0.2, 0) is 4.74 Å². The normalized spacial score (nSPS) is 46.6. The average molecular weight is 237 g/mol. The van der Waals surface area contributed by atoms with Gasteiger partial charge in [0.05, 0.1) is 6.10 Å². The second kappa shape index (κ2) is 3.71. The summed E-state index contributed by atoms with van der Waals surface area (Å²) in [5.41, 5.74) is 0.894. The van der Waals surface area contributed by atoms with Gasteiger partial charge in [-0.05, 0) is 31.1 Å². The molecule has 2 heteroatoms. The van der Waals surface area contributed by atoms with Gasteiger partial charge < -0.3 is 10.1 Å². The van der Waals surface area contributed by atoms with Crippen LogP contribution >= 0.6 is 0 Å². The zero-order chi connectivity index (χ0) is 12.3. The predicted molar refractivity (Wildman–Crippen MR) is 70.0 cm³/mol. The standard InChI is InChI=1S/C15H27NO/c1-14(2)7-5-10(9-14)16-12-11-6-8-17-13(11)15(12,3)4/h10-13,16H,5-9H2,1-4H3. The first-order valence-electron chi connectivity index (χ1n) is 7.28. The molecule has 3 aliphatic rings. The highest BCUT2D eigenvalue weighted by Gasteiger charge is 2.59. The van der Waals surface area contributed by atoms with Crippen molar-refractivity contribution in [2.45, 2.75) is 71.6 Å². The summed E-state index contributed by atoms with van der Waals surface area (Å²) in [7, 11) is 0. The molecule has 0 aromatic heterocycles. The summed E-state index contributed by atoms with van der Waals surface area (Å²) in [6.07, 6.45) is 5.87. The number of hydrogen-bond acceptors (Lipinski definition) is 2. The monoisotopic (exact) mass is 237 g/mol. The van der Waals surface area contributed by atoms with Gasteiger partial charge in [-0.3, -0.25) is 0 Å². The van der Waals surface area contributed by atoms with Crippen molar-refractivity contribution in [1.82, 2.24) is 5.32 Å². The van der Waals surface area contributed by atoms with Crippen molar-refractivity contribution >= 4 is 0 Å². The maximum atomic E-state index is 5.86. The van der Waals surface area contributed by atoms with Gasteiger partial charge in [-0.2, -0.15) is 0 Å². The Morgan fingerprint density at radius 3 is 2.53 bits per heavy atom. The molecule has 98 valence electrons. The first kappa shape index (κ1) is 12.0. The molecule has 2 aliphatic carbocycles. The van der Waals surface area contributed by atoms with Crippen molar-refractivity contribution in [3.63, 3.8) is 0 Å². The minimum atomic E-state index is 0.341. The molecule has 0 aromatic carbocycles. The average Bonchev–Trinajstić information content (AvgIpc) is 2.79. The second-order valence-corrected chi connectivity index (χ2v) is 7.81. The van der Waals surface area contributed by atoms with Gasteiger partial charge in [0.15, 0.2) is 0 Å². The molecular formula is C15H27NO. The van der Waals surface area contributed by atoms with E-state index in [-0.39, 0.29) is 0 Å². The van der Waals surface area contributed by atoms with Gasteiger partial charge in [-0.1, -0.05) is 27.7 Å². The third-order valence-corrected chi connectivity index (χ3v) is 5.48. The molecule has 1 saturated heterocycles. The zero-order valence-corrected chi connectivity index (χ0v) is 11.8. The Hall–Kier alpha value is -0.0800. The van der Waals surface area contributed by atoms with Crippen LogP contribution in [0.1, 0.15) is 53.4 Å². The summed E-state index contributed by atoms with van der Waals surface area (Å²) in [4.78, 5) is 0. The molecule has 1 N–H and O–H groups in total. The topological polar surface area (TPSA) is 21.3 Å². The molecule has 0 aromatic rings. The van der Waals surface area contributed by atoms with Crippen molar-refractivity contribution in [1.29, 1.82) is 0 Å². The number of fused-ring (bicyclic) bond motifs is 1. The lowest BCUT2D eigenvalue weighted by Crippen LogP contribution is -2.67. The second-order valence-electron chi connectivity index (χ2n) is 7.81. The summed E-state index contributed by atoms with van der Waals surface area (Å²) in [6, 6.07) is 1.43. The number of ether oxygens (including phenoxy) is 1. The molecule has 1 aliphatic heterocycles. The Kier molecular flexibility index (Phi) is 2.61. The van der Waals surface area contributed by atoms with Crippen molar-refractivity contribution in [3.8, 4) is 0 Å². The van der Waals surface area contributed by atoms with E-state index in [1.165, 1.54) is 25.7 Å².